The molecule has 0 saturated heterocycles. The number of carbonyl (C=O) groups excluding carboxylic acids is 1. The average Bonchev–Trinajstić information content (AvgIpc) is 2.98. The molecule has 3 aromatic rings. The Hall–Kier alpha value is -2.26. The first-order chi connectivity index (χ1) is 11.7. The molecule has 1 aromatic heterocycles. The summed E-state index contributed by atoms with van der Waals surface area (Å²) in [6.07, 6.45) is 4.82. The number of aromatic amines is 1. The highest BCUT2D eigenvalue weighted by Gasteiger charge is 2.15. The fourth-order valence-corrected chi connectivity index (χ4v) is 3.57. The van der Waals surface area contributed by atoms with Crippen molar-refractivity contribution < 1.29 is 4.79 Å². The van der Waals surface area contributed by atoms with Gasteiger partial charge in [0.05, 0.1) is 0 Å². The van der Waals surface area contributed by atoms with Crippen molar-refractivity contribution in [3.8, 4) is 0 Å². The number of hydrogen-bond acceptors (Lipinski definition) is 1. The van der Waals surface area contributed by atoms with E-state index in [-0.39, 0.29) is 5.91 Å². The Morgan fingerprint density at radius 2 is 1.88 bits per heavy atom. The molecule has 0 fully saturated rings. The van der Waals surface area contributed by atoms with Crippen molar-refractivity contribution in [2.75, 3.05) is 0 Å². The first-order valence-corrected chi connectivity index (χ1v) is 8.74. The summed E-state index contributed by atoms with van der Waals surface area (Å²) in [5.41, 5.74) is 5.80. The third-order valence-corrected chi connectivity index (χ3v) is 4.97. The standard InChI is InChI=1S/C20H19ClN2O/c21-15-8-6-14(7-9-15)20(24)22-12-13-5-10-19-17(11-13)16-3-1-2-4-18(16)23-19/h5-11,23H,1-4,12H2,(H,22,24). The molecule has 0 atom stereocenters. The largest absolute Gasteiger partial charge is 0.358 e. The van der Waals surface area contributed by atoms with Gasteiger partial charge in [0.2, 0.25) is 0 Å². The molecule has 1 aliphatic rings. The van der Waals surface area contributed by atoms with Gasteiger partial charge in [0, 0.05) is 33.7 Å². The maximum Gasteiger partial charge on any atom is 0.251 e. The second-order valence-electron chi connectivity index (χ2n) is 6.36. The number of H-pyrrole nitrogens is 1. The molecule has 122 valence electrons. The lowest BCUT2D eigenvalue weighted by Gasteiger charge is -2.11. The molecule has 2 aromatic carbocycles. The van der Waals surface area contributed by atoms with Crippen LogP contribution in [0.4, 0.5) is 0 Å². The molecule has 4 rings (SSSR count). The number of hydrogen-bond donors (Lipinski definition) is 2. The highest BCUT2D eigenvalue weighted by molar-refractivity contribution is 6.30. The van der Waals surface area contributed by atoms with E-state index < -0.39 is 0 Å². The second kappa shape index (κ2) is 6.33. The molecular weight excluding hydrogens is 320 g/mol. The number of amides is 1. The Morgan fingerprint density at radius 3 is 2.71 bits per heavy atom. The zero-order valence-electron chi connectivity index (χ0n) is 13.4. The van der Waals surface area contributed by atoms with Gasteiger partial charge < -0.3 is 10.3 Å². The molecule has 0 saturated carbocycles. The molecule has 1 aliphatic carbocycles. The van der Waals surface area contributed by atoms with Crippen molar-refractivity contribution in [1.29, 1.82) is 0 Å². The first kappa shape index (κ1) is 15.3. The lowest BCUT2D eigenvalue weighted by Crippen LogP contribution is -2.22. The van der Waals surface area contributed by atoms with Gasteiger partial charge in [-0.3, -0.25) is 4.79 Å². The van der Waals surface area contributed by atoms with E-state index in [0.717, 1.165) is 18.4 Å². The molecule has 2 N–H and O–H groups in total. The van der Waals surface area contributed by atoms with Crippen LogP contribution in [0, 0.1) is 0 Å². The van der Waals surface area contributed by atoms with Gasteiger partial charge in [-0.25, -0.2) is 0 Å². The number of aromatic nitrogens is 1. The summed E-state index contributed by atoms with van der Waals surface area (Å²) < 4.78 is 0. The normalized spacial score (nSPS) is 13.7. The third-order valence-electron chi connectivity index (χ3n) is 4.72. The molecule has 0 bridgehead atoms. The average molecular weight is 339 g/mol. The number of carbonyl (C=O) groups is 1. The lowest BCUT2D eigenvalue weighted by atomic mass is 9.95. The van der Waals surface area contributed by atoms with Gasteiger partial charge in [-0.2, -0.15) is 0 Å². The van der Waals surface area contributed by atoms with Gasteiger partial charge in [-0.05, 0) is 73.2 Å². The molecule has 1 amide bonds. The minimum absolute atomic E-state index is 0.0807. The Balaban J connectivity index is 1.52. The van der Waals surface area contributed by atoms with Crippen LogP contribution in [0.2, 0.25) is 5.02 Å². The smallest absolute Gasteiger partial charge is 0.251 e. The molecule has 3 nitrogen and oxygen atoms in total. The summed E-state index contributed by atoms with van der Waals surface area (Å²) in [5, 5.41) is 4.92. The Kier molecular flexibility index (Phi) is 4.03. The summed E-state index contributed by atoms with van der Waals surface area (Å²) in [6, 6.07) is 13.3. The minimum Gasteiger partial charge on any atom is -0.358 e. The van der Waals surface area contributed by atoms with Crippen LogP contribution in [-0.4, -0.2) is 10.9 Å². The fraction of sp³-hybridized carbons (Fsp3) is 0.250. The van der Waals surface area contributed by atoms with Gasteiger partial charge in [0.15, 0.2) is 0 Å². The lowest BCUT2D eigenvalue weighted by molar-refractivity contribution is 0.0951. The summed E-state index contributed by atoms with van der Waals surface area (Å²) in [6.45, 7) is 0.525. The Labute approximate surface area is 146 Å². The predicted molar refractivity (Wildman–Crippen MR) is 97.6 cm³/mol. The molecular formula is C20H19ClN2O. The maximum atomic E-state index is 12.2. The van der Waals surface area contributed by atoms with Crippen LogP contribution in [0.25, 0.3) is 10.9 Å². The summed E-state index contributed by atoms with van der Waals surface area (Å²) >= 11 is 5.86. The molecule has 1 heterocycles. The number of halogens is 1. The van der Waals surface area contributed by atoms with Crippen LogP contribution in [0.3, 0.4) is 0 Å². The van der Waals surface area contributed by atoms with Gasteiger partial charge in [0.1, 0.15) is 0 Å². The number of rotatable bonds is 3. The topological polar surface area (TPSA) is 44.9 Å². The molecule has 24 heavy (non-hydrogen) atoms. The Bertz CT molecular complexity index is 896. The molecule has 0 spiro atoms. The number of nitrogens with one attached hydrogen (secondary N) is 2. The zero-order valence-corrected chi connectivity index (χ0v) is 14.1. The molecule has 0 unspecified atom stereocenters. The van der Waals surface area contributed by atoms with Gasteiger partial charge in [-0.15, -0.1) is 0 Å². The minimum atomic E-state index is -0.0807. The monoisotopic (exact) mass is 338 g/mol. The van der Waals surface area contributed by atoms with Crippen LogP contribution in [0.5, 0.6) is 0 Å². The third kappa shape index (κ3) is 2.92. The van der Waals surface area contributed by atoms with E-state index in [1.807, 2.05) is 0 Å². The zero-order chi connectivity index (χ0) is 16.5. The number of fused-ring (bicyclic) bond motifs is 3. The predicted octanol–water partition coefficient (Wildman–Crippen LogP) is 4.63. The van der Waals surface area contributed by atoms with Crippen LogP contribution in [-0.2, 0) is 19.4 Å². The molecule has 0 radical (unpaired) electrons. The van der Waals surface area contributed by atoms with Crippen molar-refractivity contribution >= 4 is 28.4 Å². The van der Waals surface area contributed by atoms with Crippen LogP contribution in [0.15, 0.2) is 42.5 Å². The number of aryl methyl sites for hydroxylation is 2. The van der Waals surface area contributed by atoms with Gasteiger partial charge in [0.25, 0.3) is 5.91 Å². The Morgan fingerprint density at radius 1 is 1.08 bits per heavy atom. The molecule has 0 aliphatic heterocycles. The first-order valence-electron chi connectivity index (χ1n) is 8.37. The summed E-state index contributed by atoms with van der Waals surface area (Å²) in [4.78, 5) is 15.8. The maximum absolute atomic E-state index is 12.2. The van der Waals surface area contributed by atoms with Crippen molar-refractivity contribution in [3.63, 3.8) is 0 Å². The van der Waals surface area contributed by atoms with E-state index in [0.29, 0.717) is 17.1 Å². The quantitative estimate of drug-likeness (QED) is 0.718. The van der Waals surface area contributed by atoms with E-state index in [4.69, 9.17) is 11.6 Å². The van der Waals surface area contributed by atoms with E-state index in [1.165, 1.54) is 35.0 Å². The second-order valence-corrected chi connectivity index (χ2v) is 6.80. The van der Waals surface area contributed by atoms with Crippen LogP contribution < -0.4 is 5.32 Å². The van der Waals surface area contributed by atoms with Crippen molar-refractivity contribution in [3.05, 3.63) is 69.9 Å². The van der Waals surface area contributed by atoms with Crippen molar-refractivity contribution in [2.45, 2.75) is 32.2 Å². The van der Waals surface area contributed by atoms with Gasteiger partial charge >= 0.3 is 0 Å². The van der Waals surface area contributed by atoms with E-state index in [2.05, 4.69) is 28.5 Å². The number of benzene rings is 2. The van der Waals surface area contributed by atoms with E-state index >= 15 is 0 Å². The SMILES string of the molecule is O=C(NCc1ccc2[nH]c3c(c2c1)CCCC3)c1ccc(Cl)cc1. The van der Waals surface area contributed by atoms with Gasteiger partial charge in [-0.1, -0.05) is 17.7 Å². The summed E-state index contributed by atoms with van der Waals surface area (Å²) in [7, 11) is 0. The van der Waals surface area contributed by atoms with Crippen LogP contribution >= 0.6 is 11.6 Å². The van der Waals surface area contributed by atoms with Crippen molar-refractivity contribution in [1.82, 2.24) is 10.3 Å². The highest BCUT2D eigenvalue weighted by Crippen LogP contribution is 2.29. The highest BCUT2D eigenvalue weighted by atomic mass is 35.5. The van der Waals surface area contributed by atoms with E-state index in [9.17, 15) is 4.79 Å². The van der Waals surface area contributed by atoms with Crippen LogP contribution in [0.1, 0.15) is 40.0 Å². The molecule has 4 heteroatoms. The summed E-state index contributed by atoms with van der Waals surface area (Å²) in [5.74, 6) is -0.0807. The van der Waals surface area contributed by atoms with Crippen molar-refractivity contribution in [2.24, 2.45) is 0 Å². The fourth-order valence-electron chi connectivity index (χ4n) is 3.45. The van der Waals surface area contributed by atoms with E-state index in [1.54, 1.807) is 24.3 Å².